The monoisotopic (exact) mass is 713 g/mol. The Balaban J connectivity index is 1.33. The fourth-order valence-electron chi connectivity index (χ4n) is 5.82. The molecule has 1 unspecified atom stereocenters. The van der Waals surface area contributed by atoms with Crippen molar-refractivity contribution in [2.45, 2.75) is 35.9 Å². The van der Waals surface area contributed by atoms with Crippen LogP contribution in [0, 0.1) is 5.92 Å². The number of carbonyl (C=O) groups is 3. The van der Waals surface area contributed by atoms with Gasteiger partial charge >= 0.3 is 5.97 Å². The molecule has 11 nitrogen and oxygen atoms in total. The molecule has 2 aromatic carbocycles. The number of pyridine rings is 1. The van der Waals surface area contributed by atoms with Crippen LogP contribution in [0.1, 0.15) is 22.3 Å². The molecular formula is C29H27Cl4N5O6S. The quantitative estimate of drug-likeness (QED) is 0.295. The van der Waals surface area contributed by atoms with Crippen LogP contribution in [0.25, 0.3) is 0 Å². The topological polar surface area (TPSA) is 149 Å². The van der Waals surface area contributed by atoms with Gasteiger partial charge in [-0.15, -0.1) is 0 Å². The van der Waals surface area contributed by atoms with E-state index in [4.69, 9.17) is 46.4 Å². The lowest BCUT2D eigenvalue weighted by molar-refractivity contribution is -0.142. The maximum absolute atomic E-state index is 13.8. The number of rotatable bonds is 9. The first-order valence-corrected chi connectivity index (χ1v) is 16.6. The molecule has 0 radical (unpaired) electrons. The number of carboxylic acid groups (broad SMARTS) is 1. The van der Waals surface area contributed by atoms with E-state index < -0.39 is 39.9 Å². The molecular weight excluding hydrogens is 688 g/mol. The van der Waals surface area contributed by atoms with E-state index in [0.29, 0.717) is 24.2 Å². The number of sulfonamides is 1. The van der Waals surface area contributed by atoms with Crippen LogP contribution in [0.3, 0.4) is 0 Å². The Morgan fingerprint density at radius 1 is 1.02 bits per heavy atom. The van der Waals surface area contributed by atoms with Crippen LogP contribution < -0.4 is 10.6 Å². The molecule has 3 N–H and O–H groups in total. The number of benzene rings is 2. The Kier molecular flexibility index (Phi) is 9.95. The highest BCUT2D eigenvalue weighted by molar-refractivity contribution is 7.89. The van der Waals surface area contributed by atoms with Crippen LogP contribution in [0.15, 0.2) is 59.8 Å². The SMILES string of the molecule is CN1CCC2[C@H]1CN(S(=O)(=O)c1cc(Cl)cc(Cl)c1)[C@@H]2C(=O)N[C@@H](Cc1ccc(NC(=O)c2c(Cl)cncc2Cl)cc1)C(=O)O. The van der Waals surface area contributed by atoms with Crippen LogP contribution in [0.2, 0.25) is 20.1 Å². The Hall–Kier alpha value is -2.97. The van der Waals surface area contributed by atoms with Gasteiger partial charge in [-0.3, -0.25) is 14.6 Å². The van der Waals surface area contributed by atoms with E-state index in [9.17, 15) is 27.9 Å². The predicted molar refractivity (Wildman–Crippen MR) is 171 cm³/mol. The van der Waals surface area contributed by atoms with E-state index in [1.54, 1.807) is 24.3 Å². The van der Waals surface area contributed by atoms with Gasteiger partial charge in [-0.05, 0) is 55.9 Å². The molecule has 1 aromatic heterocycles. The normalized spacial score (nSPS) is 20.9. The summed E-state index contributed by atoms with van der Waals surface area (Å²) in [6.45, 7) is 0.716. The predicted octanol–water partition coefficient (Wildman–Crippen LogP) is 4.45. The average Bonchev–Trinajstić information content (AvgIpc) is 3.53. The zero-order valence-corrected chi connectivity index (χ0v) is 27.4. The number of carbonyl (C=O) groups excluding carboxylic acids is 2. The Bertz CT molecular complexity index is 1720. The van der Waals surface area contributed by atoms with Crippen molar-refractivity contribution >= 4 is 79.9 Å². The molecule has 2 aliphatic rings. The van der Waals surface area contributed by atoms with Gasteiger partial charge in [0.2, 0.25) is 15.9 Å². The molecule has 0 spiro atoms. The van der Waals surface area contributed by atoms with E-state index in [-0.39, 0.29) is 55.5 Å². The maximum Gasteiger partial charge on any atom is 0.326 e. The molecule has 238 valence electrons. The number of likely N-dealkylation sites (tertiary alicyclic amines) is 1. The highest BCUT2D eigenvalue weighted by Crippen LogP contribution is 2.39. The lowest BCUT2D eigenvalue weighted by Crippen LogP contribution is -2.53. The van der Waals surface area contributed by atoms with Gasteiger partial charge < -0.3 is 20.6 Å². The van der Waals surface area contributed by atoms with Crippen LogP contribution in [-0.4, -0.2) is 83.8 Å². The summed E-state index contributed by atoms with van der Waals surface area (Å²) in [5.41, 5.74) is 1.000. The number of aromatic nitrogens is 1. The van der Waals surface area contributed by atoms with Gasteiger partial charge in [0.1, 0.15) is 12.1 Å². The first kappa shape index (κ1) is 33.4. The Morgan fingerprint density at radius 3 is 2.24 bits per heavy atom. The molecule has 2 amide bonds. The third kappa shape index (κ3) is 7.07. The molecule has 16 heteroatoms. The molecule has 45 heavy (non-hydrogen) atoms. The summed E-state index contributed by atoms with van der Waals surface area (Å²) in [4.78, 5) is 44.4. The van der Waals surface area contributed by atoms with Crippen molar-refractivity contribution in [3.8, 4) is 0 Å². The summed E-state index contributed by atoms with van der Waals surface area (Å²) in [5.74, 6) is -2.91. The smallest absolute Gasteiger partial charge is 0.326 e. The number of hydrogen-bond donors (Lipinski definition) is 3. The average molecular weight is 715 g/mol. The van der Waals surface area contributed by atoms with Gasteiger partial charge in [0.25, 0.3) is 5.91 Å². The van der Waals surface area contributed by atoms with Gasteiger partial charge in [0.15, 0.2) is 0 Å². The molecule has 0 aliphatic carbocycles. The summed E-state index contributed by atoms with van der Waals surface area (Å²) in [7, 11) is -2.36. The van der Waals surface area contributed by atoms with E-state index in [1.807, 2.05) is 11.9 Å². The van der Waals surface area contributed by atoms with Crippen molar-refractivity contribution in [1.82, 2.24) is 19.5 Å². The van der Waals surface area contributed by atoms with Crippen LogP contribution in [0.5, 0.6) is 0 Å². The fourth-order valence-corrected chi connectivity index (χ4v) is 8.73. The zero-order chi connectivity index (χ0) is 32.6. The number of likely N-dealkylation sites (N-methyl/N-ethyl adjacent to an activating group) is 1. The number of amides is 2. The highest BCUT2D eigenvalue weighted by Gasteiger charge is 2.54. The number of nitrogens with zero attached hydrogens (tertiary/aromatic N) is 3. The number of anilines is 1. The van der Waals surface area contributed by atoms with Crippen molar-refractivity contribution < 1.29 is 27.9 Å². The number of halogens is 4. The molecule has 2 saturated heterocycles. The minimum absolute atomic E-state index is 0.0482. The largest absolute Gasteiger partial charge is 0.480 e. The number of aliphatic carboxylic acids is 1. The molecule has 3 heterocycles. The lowest BCUT2D eigenvalue weighted by Gasteiger charge is -2.27. The van der Waals surface area contributed by atoms with Gasteiger partial charge in [-0.25, -0.2) is 13.2 Å². The molecule has 4 atom stereocenters. The second-order valence-corrected chi connectivity index (χ2v) is 14.4. The lowest BCUT2D eigenvalue weighted by atomic mass is 9.95. The summed E-state index contributed by atoms with van der Waals surface area (Å²) in [6.07, 6.45) is 3.05. The van der Waals surface area contributed by atoms with E-state index >= 15 is 0 Å². The standard InChI is InChI=1S/C29H27Cl4N5O6S/c1-37-7-6-20-24(37)14-38(45(43,44)19-10-16(30)9-17(31)11-19)26(20)28(40)36-23(29(41)42)8-15-2-4-18(5-3-15)35-27(39)25-21(32)12-34-13-22(25)33/h2-5,9-13,20,23-24,26H,6-8,14H2,1H3,(H,35,39)(H,36,40)(H,41,42)/t20?,23-,24+,26-/m0/s1. The van der Waals surface area contributed by atoms with E-state index in [0.717, 1.165) is 4.31 Å². The number of fused-ring (bicyclic) bond motifs is 1. The first-order chi connectivity index (χ1) is 21.3. The molecule has 0 bridgehead atoms. The van der Waals surface area contributed by atoms with Gasteiger partial charge in [-0.1, -0.05) is 58.5 Å². The first-order valence-electron chi connectivity index (χ1n) is 13.7. The van der Waals surface area contributed by atoms with Crippen LogP contribution in [0.4, 0.5) is 5.69 Å². The van der Waals surface area contributed by atoms with Crippen molar-refractivity contribution in [2.24, 2.45) is 5.92 Å². The minimum atomic E-state index is -4.22. The van der Waals surface area contributed by atoms with Gasteiger partial charge in [-0.2, -0.15) is 4.31 Å². The third-order valence-corrected chi connectivity index (χ3v) is 10.9. The number of nitrogens with one attached hydrogen (secondary N) is 2. The summed E-state index contributed by atoms with van der Waals surface area (Å²) in [5, 5.41) is 15.7. The summed E-state index contributed by atoms with van der Waals surface area (Å²) >= 11 is 24.3. The fraction of sp³-hybridized carbons (Fsp3) is 0.310. The van der Waals surface area contributed by atoms with E-state index in [2.05, 4.69) is 15.6 Å². The molecule has 3 aromatic rings. The van der Waals surface area contributed by atoms with Crippen molar-refractivity contribution in [2.75, 3.05) is 25.5 Å². The van der Waals surface area contributed by atoms with Crippen LogP contribution in [-0.2, 0) is 26.0 Å². The molecule has 2 aliphatic heterocycles. The Labute approximate surface area is 279 Å². The second-order valence-electron chi connectivity index (χ2n) is 10.9. The van der Waals surface area contributed by atoms with Crippen molar-refractivity contribution in [1.29, 1.82) is 0 Å². The van der Waals surface area contributed by atoms with Crippen LogP contribution >= 0.6 is 46.4 Å². The Morgan fingerprint density at radius 2 is 1.64 bits per heavy atom. The highest BCUT2D eigenvalue weighted by atomic mass is 35.5. The third-order valence-electron chi connectivity index (χ3n) is 8.02. The zero-order valence-electron chi connectivity index (χ0n) is 23.6. The van der Waals surface area contributed by atoms with Crippen molar-refractivity contribution in [3.05, 3.63) is 86.1 Å². The number of hydrogen-bond acceptors (Lipinski definition) is 7. The molecule has 5 rings (SSSR count). The van der Waals surface area contributed by atoms with Crippen molar-refractivity contribution in [3.63, 3.8) is 0 Å². The second kappa shape index (κ2) is 13.4. The van der Waals surface area contributed by atoms with Gasteiger partial charge in [0.05, 0.1) is 20.5 Å². The minimum Gasteiger partial charge on any atom is -0.480 e. The van der Waals surface area contributed by atoms with E-state index in [1.165, 1.54) is 30.6 Å². The molecule has 0 saturated carbocycles. The summed E-state index contributed by atoms with van der Waals surface area (Å²) < 4.78 is 28.7. The number of carboxylic acids is 1. The maximum atomic E-state index is 13.8. The molecule has 2 fully saturated rings. The van der Waals surface area contributed by atoms with Gasteiger partial charge in [0, 0.05) is 53.1 Å². The summed E-state index contributed by atoms with van der Waals surface area (Å²) in [6, 6.07) is 7.54.